The van der Waals surface area contributed by atoms with Gasteiger partial charge in [-0.15, -0.1) is 0 Å². The van der Waals surface area contributed by atoms with E-state index in [4.69, 9.17) is 4.74 Å². The zero-order chi connectivity index (χ0) is 20.4. The van der Waals surface area contributed by atoms with Crippen molar-refractivity contribution < 1.29 is 14.6 Å². The Hall–Kier alpha value is -2.37. The fourth-order valence-corrected chi connectivity index (χ4v) is 4.75. The Morgan fingerprint density at radius 2 is 1.79 bits per heavy atom. The average molecular weight is 454 g/mol. The number of benzene rings is 3. The monoisotopic (exact) mass is 453 g/mol. The highest BCUT2D eigenvalue weighted by atomic mass is 79.9. The molecule has 1 aliphatic rings. The second-order valence-corrected chi connectivity index (χ2v) is 8.42. The van der Waals surface area contributed by atoms with Crippen molar-refractivity contribution in [3.8, 4) is 5.75 Å². The summed E-state index contributed by atoms with van der Waals surface area (Å²) in [5, 5.41) is 11.8. The molecule has 1 aliphatic heterocycles. The van der Waals surface area contributed by atoms with Crippen molar-refractivity contribution in [3.63, 3.8) is 0 Å². The number of rotatable bonds is 5. The first kappa shape index (κ1) is 19.9. The van der Waals surface area contributed by atoms with Gasteiger partial charge < -0.3 is 9.84 Å². The molecule has 3 aromatic carbocycles. The van der Waals surface area contributed by atoms with E-state index in [0.717, 1.165) is 28.9 Å². The number of fused-ring (bicyclic) bond motifs is 1. The first-order valence-electron chi connectivity index (χ1n) is 9.86. The second-order valence-electron chi connectivity index (χ2n) is 7.51. The Balaban J connectivity index is 1.84. The third-order valence-electron chi connectivity index (χ3n) is 5.85. The van der Waals surface area contributed by atoms with Crippen LogP contribution in [0, 0.1) is 5.92 Å². The van der Waals surface area contributed by atoms with Crippen LogP contribution in [0.2, 0.25) is 0 Å². The molecule has 0 aliphatic carbocycles. The standard InChI is InChI=1S/C24H24BrNO3/c1-29-22-10-9-18(25)15-21(22)23(26-13-11-17(12-14-26)24(27)28)20-8-4-6-16-5-2-3-7-19(16)20/h2-10,15,17,23H,11-14H2,1H3,(H,27,28). The molecule has 0 spiro atoms. The van der Waals surface area contributed by atoms with Crippen LogP contribution in [0.3, 0.4) is 0 Å². The Kier molecular flexibility index (Phi) is 5.88. The summed E-state index contributed by atoms with van der Waals surface area (Å²) in [6, 6.07) is 20.9. The number of hydrogen-bond donors (Lipinski definition) is 1. The number of ether oxygens (including phenoxy) is 1. The van der Waals surface area contributed by atoms with E-state index >= 15 is 0 Å². The summed E-state index contributed by atoms with van der Waals surface area (Å²) in [7, 11) is 1.70. The summed E-state index contributed by atoms with van der Waals surface area (Å²) >= 11 is 3.62. The SMILES string of the molecule is COc1ccc(Br)cc1C(c1cccc2ccccc12)N1CCC(C(=O)O)CC1. The van der Waals surface area contributed by atoms with Gasteiger partial charge in [0.15, 0.2) is 0 Å². The van der Waals surface area contributed by atoms with Crippen LogP contribution in [0.25, 0.3) is 10.8 Å². The van der Waals surface area contributed by atoms with E-state index in [1.807, 2.05) is 12.1 Å². The number of likely N-dealkylation sites (tertiary alicyclic amines) is 1. The molecule has 1 N–H and O–H groups in total. The first-order valence-corrected chi connectivity index (χ1v) is 10.7. The summed E-state index contributed by atoms with van der Waals surface area (Å²) < 4.78 is 6.72. The highest BCUT2D eigenvalue weighted by Gasteiger charge is 2.32. The number of carboxylic acid groups (broad SMARTS) is 1. The molecule has 150 valence electrons. The fraction of sp³-hybridized carbons (Fsp3) is 0.292. The Bertz CT molecular complexity index is 1020. The maximum Gasteiger partial charge on any atom is 0.306 e. The maximum absolute atomic E-state index is 11.4. The quantitative estimate of drug-likeness (QED) is 0.554. The molecule has 29 heavy (non-hydrogen) atoms. The van der Waals surface area contributed by atoms with Crippen molar-refractivity contribution >= 4 is 32.7 Å². The number of carboxylic acids is 1. The number of methoxy groups -OCH3 is 1. The van der Waals surface area contributed by atoms with Gasteiger partial charge in [0.05, 0.1) is 19.1 Å². The Morgan fingerprint density at radius 1 is 1.07 bits per heavy atom. The lowest BCUT2D eigenvalue weighted by Crippen LogP contribution is -2.39. The largest absolute Gasteiger partial charge is 0.496 e. The zero-order valence-corrected chi connectivity index (χ0v) is 17.9. The van der Waals surface area contributed by atoms with Crippen LogP contribution in [-0.4, -0.2) is 36.2 Å². The topological polar surface area (TPSA) is 49.8 Å². The minimum absolute atomic E-state index is 0.0108. The van der Waals surface area contributed by atoms with Crippen molar-refractivity contribution in [3.05, 3.63) is 76.3 Å². The molecule has 1 unspecified atom stereocenters. The summed E-state index contributed by atoms with van der Waals surface area (Å²) in [4.78, 5) is 13.8. The summed E-state index contributed by atoms with van der Waals surface area (Å²) in [5.74, 6) is -0.110. The Morgan fingerprint density at radius 3 is 2.52 bits per heavy atom. The summed E-state index contributed by atoms with van der Waals surface area (Å²) in [6.45, 7) is 1.47. The molecule has 4 nitrogen and oxygen atoms in total. The van der Waals surface area contributed by atoms with Gasteiger partial charge in [-0.1, -0.05) is 58.4 Å². The highest BCUT2D eigenvalue weighted by Crippen LogP contribution is 2.40. The molecule has 1 atom stereocenters. The van der Waals surface area contributed by atoms with Crippen molar-refractivity contribution in [2.75, 3.05) is 20.2 Å². The van der Waals surface area contributed by atoms with E-state index in [9.17, 15) is 9.90 Å². The predicted octanol–water partition coefficient (Wildman–Crippen LogP) is 5.50. The van der Waals surface area contributed by atoms with Crippen molar-refractivity contribution in [1.82, 2.24) is 4.90 Å². The van der Waals surface area contributed by atoms with Crippen LogP contribution in [0.4, 0.5) is 0 Å². The van der Waals surface area contributed by atoms with Crippen molar-refractivity contribution in [2.24, 2.45) is 5.92 Å². The molecule has 1 fully saturated rings. The zero-order valence-electron chi connectivity index (χ0n) is 16.3. The van der Waals surface area contributed by atoms with Gasteiger partial charge in [-0.05, 0) is 60.5 Å². The molecule has 0 amide bonds. The van der Waals surface area contributed by atoms with Gasteiger partial charge in [-0.2, -0.15) is 0 Å². The molecule has 0 saturated carbocycles. The molecule has 0 aromatic heterocycles. The molecule has 0 bridgehead atoms. The Labute approximate surface area is 179 Å². The molecule has 5 heteroatoms. The van der Waals surface area contributed by atoms with E-state index < -0.39 is 5.97 Å². The van der Waals surface area contributed by atoms with Gasteiger partial charge in [0, 0.05) is 10.0 Å². The maximum atomic E-state index is 11.4. The lowest BCUT2D eigenvalue weighted by molar-refractivity contribution is -0.143. The minimum Gasteiger partial charge on any atom is -0.496 e. The van der Waals surface area contributed by atoms with E-state index in [-0.39, 0.29) is 12.0 Å². The smallest absolute Gasteiger partial charge is 0.306 e. The predicted molar refractivity (Wildman–Crippen MR) is 118 cm³/mol. The third-order valence-corrected chi connectivity index (χ3v) is 6.34. The minimum atomic E-state index is -0.689. The highest BCUT2D eigenvalue weighted by molar-refractivity contribution is 9.10. The van der Waals surface area contributed by atoms with Crippen LogP contribution in [0.15, 0.2) is 65.1 Å². The molecular weight excluding hydrogens is 430 g/mol. The lowest BCUT2D eigenvalue weighted by Gasteiger charge is -2.38. The van der Waals surface area contributed by atoms with E-state index in [1.165, 1.54) is 16.3 Å². The molecule has 4 rings (SSSR count). The number of aliphatic carboxylic acids is 1. The molecule has 3 aromatic rings. The molecule has 1 heterocycles. The number of nitrogens with zero attached hydrogens (tertiary/aromatic N) is 1. The molecular formula is C24H24BrNO3. The van der Waals surface area contributed by atoms with Crippen molar-refractivity contribution in [2.45, 2.75) is 18.9 Å². The lowest BCUT2D eigenvalue weighted by atomic mass is 9.88. The molecule has 0 radical (unpaired) electrons. The van der Waals surface area contributed by atoms with Gasteiger partial charge >= 0.3 is 5.97 Å². The third kappa shape index (κ3) is 4.02. The van der Waals surface area contributed by atoms with Gasteiger partial charge in [-0.3, -0.25) is 9.69 Å². The summed E-state index contributed by atoms with van der Waals surface area (Å²) in [5.41, 5.74) is 2.31. The van der Waals surface area contributed by atoms with Crippen LogP contribution in [-0.2, 0) is 4.79 Å². The van der Waals surface area contributed by atoms with Crippen molar-refractivity contribution in [1.29, 1.82) is 0 Å². The number of hydrogen-bond acceptors (Lipinski definition) is 3. The first-order chi connectivity index (χ1) is 14.1. The van der Waals surface area contributed by atoms with Gasteiger partial charge in [0.2, 0.25) is 0 Å². The summed E-state index contributed by atoms with van der Waals surface area (Å²) in [6.07, 6.45) is 1.32. The van der Waals surface area contributed by atoms with E-state index in [0.29, 0.717) is 12.8 Å². The molecule has 1 saturated heterocycles. The van der Waals surface area contributed by atoms with Gasteiger partial charge in [-0.25, -0.2) is 0 Å². The average Bonchev–Trinajstić information content (AvgIpc) is 2.75. The van der Waals surface area contributed by atoms with Crippen LogP contribution >= 0.6 is 15.9 Å². The fourth-order valence-electron chi connectivity index (χ4n) is 4.37. The normalized spacial score (nSPS) is 16.6. The number of halogens is 1. The van der Waals surface area contributed by atoms with Crippen LogP contribution in [0.1, 0.15) is 30.0 Å². The van der Waals surface area contributed by atoms with E-state index in [1.54, 1.807) is 7.11 Å². The second kappa shape index (κ2) is 8.56. The van der Waals surface area contributed by atoms with Crippen LogP contribution < -0.4 is 4.74 Å². The number of carbonyl (C=O) groups is 1. The number of piperidine rings is 1. The van der Waals surface area contributed by atoms with Crippen LogP contribution in [0.5, 0.6) is 5.75 Å². The van der Waals surface area contributed by atoms with Gasteiger partial charge in [0.1, 0.15) is 5.75 Å². The van der Waals surface area contributed by atoms with E-state index in [2.05, 4.69) is 69.4 Å². The van der Waals surface area contributed by atoms with Gasteiger partial charge in [0.25, 0.3) is 0 Å².